The van der Waals surface area contributed by atoms with E-state index < -0.39 is 15.4 Å². The molecule has 3 rings (SSSR count). The average molecular weight is 401 g/mol. The fraction of sp³-hybridized carbons (Fsp3) is 0.300. The summed E-state index contributed by atoms with van der Waals surface area (Å²) in [5.41, 5.74) is 1.72. The van der Waals surface area contributed by atoms with E-state index >= 15 is 0 Å². The fourth-order valence-corrected chi connectivity index (χ4v) is 3.82. The highest BCUT2D eigenvalue weighted by Crippen LogP contribution is 2.27. The van der Waals surface area contributed by atoms with Gasteiger partial charge < -0.3 is 10.6 Å². The first-order valence-corrected chi connectivity index (χ1v) is 10.4. The number of aryl methyl sites for hydroxylation is 1. The van der Waals surface area contributed by atoms with Gasteiger partial charge in [-0.3, -0.25) is 14.3 Å². The normalized spacial score (nSPS) is 14.0. The third kappa shape index (κ3) is 4.51. The molecular weight excluding hydrogens is 378 g/mol. The number of anilines is 3. The predicted molar refractivity (Wildman–Crippen MR) is 109 cm³/mol. The van der Waals surface area contributed by atoms with Crippen LogP contribution in [0.15, 0.2) is 47.4 Å². The molecule has 0 unspecified atom stereocenters. The molecule has 2 amide bonds. The van der Waals surface area contributed by atoms with Crippen molar-refractivity contribution in [3.05, 3.63) is 48.0 Å². The maximum absolute atomic E-state index is 12.8. The Labute approximate surface area is 164 Å². The third-order valence-electron chi connectivity index (χ3n) is 4.34. The smallest absolute Gasteiger partial charge is 0.261 e. The van der Waals surface area contributed by atoms with Crippen molar-refractivity contribution >= 4 is 38.9 Å². The van der Waals surface area contributed by atoms with Crippen LogP contribution >= 0.6 is 0 Å². The van der Waals surface area contributed by atoms with E-state index in [1.165, 1.54) is 6.07 Å². The van der Waals surface area contributed by atoms with Gasteiger partial charge in [-0.15, -0.1) is 0 Å². The molecule has 0 atom stereocenters. The summed E-state index contributed by atoms with van der Waals surface area (Å²) in [6.45, 7) is 5.40. The van der Waals surface area contributed by atoms with E-state index in [1.54, 1.807) is 57.2 Å². The zero-order valence-electron chi connectivity index (χ0n) is 16.0. The number of hydrogen-bond acceptors (Lipinski definition) is 4. The van der Waals surface area contributed by atoms with E-state index in [4.69, 9.17) is 0 Å². The maximum Gasteiger partial charge on any atom is 0.261 e. The largest absolute Gasteiger partial charge is 0.326 e. The zero-order chi connectivity index (χ0) is 20.5. The Balaban J connectivity index is 1.80. The van der Waals surface area contributed by atoms with Crippen LogP contribution in [-0.2, 0) is 26.0 Å². The summed E-state index contributed by atoms with van der Waals surface area (Å²) < 4.78 is 28.1. The Hall–Kier alpha value is -2.87. The van der Waals surface area contributed by atoms with Gasteiger partial charge in [-0.1, -0.05) is 26.8 Å². The van der Waals surface area contributed by atoms with Crippen molar-refractivity contribution in [3.63, 3.8) is 0 Å². The molecule has 0 radical (unpaired) electrons. The minimum absolute atomic E-state index is 0.0737. The minimum Gasteiger partial charge on any atom is -0.326 e. The van der Waals surface area contributed by atoms with Gasteiger partial charge >= 0.3 is 0 Å². The highest BCUT2D eigenvalue weighted by molar-refractivity contribution is 7.92. The SMILES string of the molecule is CC(C)(C)C(=O)Nc1cccc(NS(=O)(=O)c2ccc3c(c2)CCC(=O)N3)c1. The summed E-state index contributed by atoms with van der Waals surface area (Å²) in [5.74, 6) is -0.236. The molecule has 0 spiro atoms. The highest BCUT2D eigenvalue weighted by atomic mass is 32.2. The molecule has 0 saturated carbocycles. The van der Waals surface area contributed by atoms with Crippen LogP contribution in [0.1, 0.15) is 32.8 Å². The van der Waals surface area contributed by atoms with Gasteiger partial charge in [-0.05, 0) is 48.4 Å². The quantitative estimate of drug-likeness (QED) is 0.731. The van der Waals surface area contributed by atoms with Gasteiger partial charge in [0.1, 0.15) is 0 Å². The number of carbonyl (C=O) groups is 2. The zero-order valence-corrected chi connectivity index (χ0v) is 16.8. The number of hydrogen-bond donors (Lipinski definition) is 3. The van der Waals surface area contributed by atoms with Crippen LogP contribution in [0, 0.1) is 5.41 Å². The molecule has 0 bridgehead atoms. The molecule has 0 aromatic heterocycles. The Morgan fingerprint density at radius 1 is 1.04 bits per heavy atom. The molecule has 3 N–H and O–H groups in total. The number of fused-ring (bicyclic) bond motifs is 1. The van der Waals surface area contributed by atoms with Crippen LogP contribution in [0.5, 0.6) is 0 Å². The molecule has 0 saturated heterocycles. The summed E-state index contributed by atoms with van der Waals surface area (Å²) in [6.07, 6.45) is 0.832. The molecule has 1 aliphatic heterocycles. The van der Waals surface area contributed by atoms with E-state index in [2.05, 4.69) is 15.4 Å². The lowest BCUT2D eigenvalue weighted by Crippen LogP contribution is -2.27. The van der Waals surface area contributed by atoms with Gasteiger partial charge in [0.05, 0.1) is 10.6 Å². The van der Waals surface area contributed by atoms with Crippen molar-refractivity contribution < 1.29 is 18.0 Å². The van der Waals surface area contributed by atoms with Crippen molar-refractivity contribution in [3.8, 4) is 0 Å². The van der Waals surface area contributed by atoms with Gasteiger partial charge in [-0.2, -0.15) is 0 Å². The standard InChI is InChI=1S/C20H23N3O4S/c1-20(2,3)19(25)21-14-5-4-6-15(12-14)23-28(26,27)16-8-9-17-13(11-16)7-10-18(24)22-17/h4-6,8-9,11-12,23H,7,10H2,1-3H3,(H,21,25)(H,22,24). The van der Waals surface area contributed by atoms with E-state index in [9.17, 15) is 18.0 Å². The second-order valence-corrected chi connectivity index (χ2v) is 9.44. The molecule has 1 aliphatic rings. The lowest BCUT2D eigenvalue weighted by molar-refractivity contribution is -0.123. The van der Waals surface area contributed by atoms with Crippen LogP contribution in [0.2, 0.25) is 0 Å². The number of nitrogens with one attached hydrogen (secondary N) is 3. The molecule has 0 aliphatic carbocycles. The second-order valence-electron chi connectivity index (χ2n) is 7.76. The Morgan fingerprint density at radius 2 is 1.75 bits per heavy atom. The molecule has 8 heteroatoms. The van der Waals surface area contributed by atoms with Crippen molar-refractivity contribution in [2.75, 3.05) is 15.4 Å². The summed E-state index contributed by atoms with van der Waals surface area (Å²) in [4.78, 5) is 23.7. The monoisotopic (exact) mass is 401 g/mol. The van der Waals surface area contributed by atoms with Crippen LogP contribution in [0.3, 0.4) is 0 Å². The first kappa shape index (κ1) is 19.9. The first-order valence-electron chi connectivity index (χ1n) is 8.92. The lowest BCUT2D eigenvalue weighted by atomic mass is 9.95. The Bertz CT molecular complexity index is 1040. The third-order valence-corrected chi connectivity index (χ3v) is 5.72. The molecule has 7 nitrogen and oxygen atoms in total. The molecule has 0 fully saturated rings. The van der Waals surface area contributed by atoms with Crippen molar-refractivity contribution in [1.82, 2.24) is 0 Å². The molecular formula is C20H23N3O4S. The fourth-order valence-electron chi connectivity index (χ4n) is 2.72. The van der Waals surface area contributed by atoms with E-state index in [0.717, 1.165) is 5.56 Å². The molecule has 1 heterocycles. The van der Waals surface area contributed by atoms with Gasteiger partial charge in [0.15, 0.2) is 0 Å². The number of benzene rings is 2. The minimum atomic E-state index is -3.81. The predicted octanol–water partition coefficient (Wildman–Crippen LogP) is 3.36. The van der Waals surface area contributed by atoms with E-state index in [1.807, 2.05) is 0 Å². The topological polar surface area (TPSA) is 104 Å². The van der Waals surface area contributed by atoms with Gasteiger partial charge in [0, 0.05) is 23.2 Å². The van der Waals surface area contributed by atoms with Gasteiger partial charge in [-0.25, -0.2) is 8.42 Å². The average Bonchev–Trinajstić information content (AvgIpc) is 2.60. The lowest BCUT2D eigenvalue weighted by Gasteiger charge is -2.19. The van der Waals surface area contributed by atoms with Gasteiger partial charge in [0.2, 0.25) is 11.8 Å². The Kier molecular flexibility index (Phi) is 5.16. The first-order chi connectivity index (χ1) is 13.0. The van der Waals surface area contributed by atoms with Gasteiger partial charge in [0.25, 0.3) is 10.0 Å². The number of carbonyl (C=O) groups excluding carboxylic acids is 2. The van der Waals surface area contributed by atoms with Crippen LogP contribution in [0.4, 0.5) is 17.1 Å². The van der Waals surface area contributed by atoms with Crippen molar-refractivity contribution in [1.29, 1.82) is 0 Å². The second kappa shape index (κ2) is 7.27. The highest BCUT2D eigenvalue weighted by Gasteiger charge is 2.22. The van der Waals surface area contributed by atoms with E-state index in [0.29, 0.717) is 29.9 Å². The maximum atomic E-state index is 12.8. The van der Waals surface area contributed by atoms with Crippen molar-refractivity contribution in [2.45, 2.75) is 38.5 Å². The Morgan fingerprint density at radius 3 is 2.46 bits per heavy atom. The van der Waals surface area contributed by atoms with E-state index in [-0.39, 0.29) is 16.7 Å². The number of amides is 2. The van der Waals surface area contributed by atoms with Crippen molar-refractivity contribution in [2.24, 2.45) is 5.41 Å². The van der Waals surface area contributed by atoms with Crippen LogP contribution in [0.25, 0.3) is 0 Å². The number of sulfonamides is 1. The number of rotatable bonds is 4. The molecule has 148 valence electrons. The summed E-state index contributed by atoms with van der Waals surface area (Å²) in [5, 5.41) is 5.51. The summed E-state index contributed by atoms with van der Waals surface area (Å²) in [6, 6.07) is 11.2. The summed E-state index contributed by atoms with van der Waals surface area (Å²) >= 11 is 0. The summed E-state index contributed by atoms with van der Waals surface area (Å²) in [7, 11) is -3.81. The molecule has 2 aromatic rings. The molecule has 28 heavy (non-hydrogen) atoms. The van der Waals surface area contributed by atoms with Crippen LogP contribution < -0.4 is 15.4 Å². The molecule has 2 aromatic carbocycles. The van der Waals surface area contributed by atoms with Crippen LogP contribution in [-0.4, -0.2) is 20.2 Å².